The Morgan fingerprint density at radius 1 is 1.27 bits per heavy atom. The minimum absolute atomic E-state index is 0.857. The van der Waals surface area contributed by atoms with Crippen LogP contribution in [0.15, 0.2) is 24.3 Å². The van der Waals surface area contributed by atoms with Crippen LogP contribution in [-0.4, -0.2) is 6.54 Å². The third-order valence-electron chi connectivity index (χ3n) is 3.34. The lowest BCUT2D eigenvalue weighted by Crippen LogP contribution is -2.21. The molecule has 1 N–H and O–H groups in total. The third-order valence-corrected chi connectivity index (χ3v) is 3.34. The van der Waals surface area contributed by atoms with Gasteiger partial charge in [-0.25, -0.2) is 0 Å². The van der Waals surface area contributed by atoms with Crippen LogP contribution >= 0.6 is 0 Å². The second kappa shape index (κ2) is 4.80. The van der Waals surface area contributed by atoms with Gasteiger partial charge in [0.2, 0.25) is 0 Å². The molecule has 0 bridgehead atoms. The van der Waals surface area contributed by atoms with E-state index in [0.29, 0.717) is 0 Å². The van der Waals surface area contributed by atoms with Crippen molar-refractivity contribution in [1.29, 1.82) is 0 Å². The second-order valence-corrected chi connectivity index (χ2v) is 4.93. The molecule has 1 heteroatoms. The van der Waals surface area contributed by atoms with Gasteiger partial charge in [-0.1, -0.05) is 36.8 Å². The highest BCUT2D eigenvalue weighted by Gasteiger charge is 2.27. The molecule has 0 spiro atoms. The predicted octanol–water partition coefficient (Wildman–Crippen LogP) is 3.13. The van der Waals surface area contributed by atoms with E-state index < -0.39 is 0 Å². The summed E-state index contributed by atoms with van der Waals surface area (Å²) >= 11 is 0. The zero-order valence-electron chi connectivity index (χ0n) is 9.79. The van der Waals surface area contributed by atoms with Gasteiger partial charge in [0.05, 0.1) is 0 Å². The van der Waals surface area contributed by atoms with Crippen LogP contribution in [-0.2, 0) is 6.54 Å². The minimum atomic E-state index is 0.857. The highest BCUT2D eigenvalue weighted by Crippen LogP contribution is 2.36. The van der Waals surface area contributed by atoms with E-state index in [0.717, 1.165) is 18.4 Å². The average molecular weight is 203 g/mol. The average Bonchev–Trinajstić information content (AvgIpc) is 3.04. The van der Waals surface area contributed by atoms with Gasteiger partial charge in [-0.15, -0.1) is 0 Å². The SMILES string of the molecule is Cc1ccc(CNCC(C)C2CC2)cc1. The molecular formula is C14H21N. The summed E-state index contributed by atoms with van der Waals surface area (Å²) in [5, 5.41) is 3.54. The fourth-order valence-corrected chi connectivity index (χ4v) is 1.98. The maximum absolute atomic E-state index is 3.54. The summed E-state index contributed by atoms with van der Waals surface area (Å²) in [6.45, 7) is 6.67. The monoisotopic (exact) mass is 203 g/mol. The van der Waals surface area contributed by atoms with E-state index in [2.05, 4.69) is 43.4 Å². The molecule has 1 aromatic rings. The third kappa shape index (κ3) is 3.35. The largest absolute Gasteiger partial charge is 0.312 e. The van der Waals surface area contributed by atoms with E-state index in [1.54, 1.807) is 0 Å². The lowest BCUT2D eigenvalue weighted by Gasteiger charge is -2.11. The van der Waals surface area contributed by atoms with Crippen molar-refractivity contribution in [2.75, 3.05) is 6.54 Å². The zero-order valence-corrected chi connectivity index (χ0v) is 9.79. The van der Waals surface area contributed by atoms with Gasteiger partial charge in [0.15, 0.2) is 0 Å². The molecule has 1 saturated carbocycles. The Morgan fingerprint density at radius 2 is 1.93 bits per heavy atom. The van der Waals surface area contributed by atoms with Crippen LogP contribution in [0.25, 0.3) is 0 Å². The van der Waals surface area contributed by atoms with Crippen molar-refractivity contribution in [2.45, 2.75) is 33.2 Å². The maximum atomic E-state index is 3.54. The second-order valence-electron chi connectivity index (χ2n) is 4.93. The van der Waals surface area contributed by atoms with Crippen molar-refractivity contribution in [3.63, 3.8) is 0 Å². The number of rotatable bonds is 5. The van der Waals surface area contributed by atoms with E-state index in [9.17, 15) is 0 Å². The fourth-order valence-electron chi connectivity index (χ4n) is 1.98. The van der Waals surface area contributed by atoms with Crippen molar-refractivity contribution in [1.82, 2.24) is 5.32 Å². The van der Waals surface area contributed by atoms with Gasteiger partial charge in [-0.05, 0) is 43.7 Å². The maximum Gasteiger partial charge on any atom is 0.0205 e. The Morgan fingerprint density at radius 3 is 2.53 bits per heavy atom. The van der Waals surface area contributed by atoms with Crippen LogP contribution in [0.2, 0.25) is 0 Å². The molecule has 1 nitrogen and oxygen atoms in total. The predicted molar refractivity (Wildman–Crippen MR) is 64.8 cm³/mol. The van der Waals surface area contributed by atoms with Crippen LogP contribution in [0.4, 0.5) is 0 Å². The Balaban J connectivity index is 1.70. The molecule has 0 saturated heterocycles. The van der Waals surface area contributed by atoms with Crippen molar-refractivity contribution in [3.05, 3.63) is 35.4 Å². The van der Waals surface area contributed by atoms with Crippen molar-refractivity contribution < 1.29 is 0 Å². The summed E-state index contributed by atoms with van der Waals surface area (Å²) in [4.78, 5) is 0. The van der Waals surface area contributed by atoms with Gasteiger partial charge in [-0.3, -0.25) is 0 Å². The molecule has 1 aliphatic carbocycles. The van der Waals surface area contributed by atoms with Crippen molar-refractivity contribution in [2.24, 2.45) is 11.8 Å². The van der Waals surface area contributed by atoms with Gasteiger partial charge >= 0.3 is 0 Å². The molecule has 1 aliphatic rings. The van der Waals surface area contributed by atoms with Crippen LogP contribution in [0.1, 0.15) is 30.9 Å². The molecule has 0 aliphatic heterocycles. The summed E-state index contributed by atoms with van der Waals surface area (Å²) in [5.41, 5.74) is 2.73. The zero-order chi connectivity index (χ0) is 10.7. The van der Waals surface area contributed by atoms with Crippen LogP contribution < -0.4 is 5.32 Å². The molecule has 1 fully saturated rings. The van der Waals surface area contributed by atoms with Crippen LogP contribution in [0, 0.1) is 18.8 Å². The first kappa shape index (κ1) is 10.7. The molecule has 1 unspecified atom stereocenters. The molecular weight excluding hydrogens is 182 g/mol. The molecule has 1 atom stereocenters. The van der Waals surface area contributed by atoms with Crippen molar-refractivity contribution in [3.8, 4) is 0 Å². The molecule has 15 heavy (non-hydrogen) atoms. The van der Waals surface area contributed by atoms with Crippen LogP contribution in [0.3, 0.4) is 0 Å². The highest BCUT2D eigenvalue weighted by molar-refractivity contribution is 5.21. The molecule has 0 heterocycles. The first-order valence-corrected chi connectivity index (χ1v) is 6.02. The molecule has 1 aromatic carbocycles. The number of nitrogens with one attached hydrogen (secondary N) is 1. The lowest BCUT2D eigenvalue weighted by atomic mass is 10.1. The number of hydrogen-bond donors (Lipinski definition) is 1. The molecule has 0 aromatic heterocycles. The number of hydrogen-bond acceptors (Lipinski definition) is 1. The first-order chi connectivity index (χ1) is 7.25. The lowest BCUT2D eigenvalue weighted by molar-refractivity contribution is 0.461. The smallest absolute Gasteiger partial charge is 0.0205 e. The van der Waals surface area contributed by atoms with E-state index in [1.165, 1.54) is 30.5 Å². The Labute approximate surface area is 92.9 Å². The minimum Gasteiger partial charge on any atom is -0.312 e. The summed E-state index contributed by atoms with van der Waals surface area (Å²) in [6, 6.07) is 8.79. The molecule has 0 amide bonds. The Kier molecular flexibility index (Phi) is 3.42. The number of benzene rings is 1. The van der Waals surface area contributed by atoms with Crippen molar-refractivity contribution >= 4 is 0 Å². The number of aryl methyl sites for hydroxylation is 1. The summed E-state index contributed by atoms with van der Waals surface area (Å²) in [6.07, 6.45) is 2.90. The van der Waals surface area contributed by atoms with Gasteiger partial charge in [0, 0.05) is 6.54 Å². The first-order valence-electron chi connectivity index (χ1n) is 6.02. The van der Waals surface area contributed by atoms with E-state index in [-0.39, 0.29) is 0 Å². The topological polar surface area (TPSA) is 12.0 Å². The quantitative estimate of drug-likeness (QED) is 0.775. The normalized spacial score (nSPS) is 17.7. The van der Waals surface area contributed by atoms with Gasteiger partial charge < -0.3 is 5.32 Å². The summed E-state index contributed by atoms with van der Waals surface area (Å²) in [5.74, 6) is 1.87. The van der Waals surface area contributed by atoms with E-state index in [4.69, 9.17) is 0 Å². The van der Waals surface area contributed by atoms with E-state index in [1.807, 2.05) is 0 Å². The van der Waals surface area contributed by atoms with Gasteiger partial charge in [-0.2, -0.15) is 0 Å². The molecule has 0 radical (unpaired) electrons. The van der Waals surface area contributed by atoms with Crippen LogP contribution in [0.5, 0.6) is 0 Å². The highest BCUT2D eigenvalue weighted by atomic mass is 14.9. The Hall–Kier alpha value is -0.820. The standard InChI is InChI=1S/C14H21N/c1-11-3-5-13(6-4-11)10-15-9-12(2)14-7-8-14/h3-6,12,14-15H,7-10H2,1-2H3. The summed E-state index contributed by atoms with van der Waals surface area (Å²) in [7, 11) is 0. The summed E-state index contributed by atoms with van der Waals surface area (Å²) < 4.78 is 0. The fraction of sp³-hybridized carbons (Fsp3) is 0.571. The molecule has 82 valence electrons. The van der Waals surface area contributed by atoms with E-state index >= 15 is 0 Å². The molecule has 2 rings (SSSR count). The van der Waals surface area contributed by atoms with Gasteiger partial charge in [0.1, 0.15) is 0 Å². The van der Waals surface area contributed by atoms with Gasteiger partial charge in [0.25, 0.3) is 0 Å². The Bertz CT molecular complexity index is 298.